The van der Waals surface area contributed by atoms with E-state index in [1.807, 2.05) is 12.1 Å². The van der Waals surface area contributed by atoms with Gasteiger partial charge >= 0.3 is 0 Å². The van der Waals surface area contributed by atoms with Crippen molar-refractivity contribution in [2.75, 3.05) is 12.3 Å². The molecule has 2 aromatic carbocycles. The number of benzene rings is 2. The smallest absolute Gasteiger partial charge is 0.261 e. The van der Waals surface area contributed by atoms with Crippen molar-refractivity contribution in [2.24, 2.45) is 0 Å². The molecule has 3 atom stereocenters. The molecule has 1 aliphatic rings. The SMILES string of the molecule is CC(C)(C)[Si](OC[C@H]1O[C@@H](n2cnc3c(N)ncnc32)C[C@@H]1O)(c1ccccc1)c1ccccc1. The fourth-order valence-corrected chi connectivity index (χ4v) is 9.66. The Balaban J connectivity index is 1.45. The van der Waals surface area contributed by atoms with Crippen LogP contribution < -0.4 is 16.1 Å². The molecule has 0 unspecified atom stereocenters. The summed E-state index contributed by atoms with van der Waals surface area (Å²) in [6, 6.07) is 20.9. The first kappa shape index (κ1) is 23.6. The van der Waals surface area contributed by atoms with Gasteiger partial charge in [-0.15, -0.1) is 0 Å². The van der Waals surface area contributed by atoms with E-state index < -0.39 is 26.8 Å². The average Bonchev–Trinajstić information content (AvgIpc) is 3.44. The first-order valence-electron chi connectivity index (χ1n) is 11.8. The standard InChI is InChI=1S/C26H31N5O3Si/c1-26(2,3)35(18-10-6-4-7-11-18,19-12-8-5-9-13-19)33-15-21-20(32)14-22(34-21)31-17-30-23-24(27)28-16-29-25(23)31/h4-13,16-17,20-22,32H,14-15H2,1-3H3,(H2,27,28,29)/t20-,21+,22+/m0/s1. The fourth-order valence-electron chi connectivity index (χ4n) is 5.09. The van der Waals surface area contributed by atoms with Gasteiger partial charge in [-0.2, -0.15) is 0 Å². The van der Waals surface area contributed by atoms with E-state index in [2.05, 4.69) is 84.3 Å². The third-order valence-corrected chi connectivity index (χ3v) is 11.8. The van der Waals surface area contributed by atoms with E-state index in [0.29, 0.717) is 23.4 Å². The van der Waals surface area contributed by atoms with Gasteiger partial charge in [-0.1, -0.05) is 81.4 Å². The van der Waals surface area contributed by atoms with Crippen molar-refractivity contribution in [2.45, 2.75) is 50.7 Å². The zero-order valence-electron chi connectivity index (χ0n) is 20.2. The van der Waals surface area contributed by atoms with E-state index in [0.717, 1.165) is 0 Å². The maximum atomic E-state index is 10.9. The Morgan fingerprint density at radius 3 is 2.26 bits per heavy atom. The molecule has 0 bridgehead atoms. The van der Waals surface area contributed by atoms with Crippen LogP contribution >= 0.6 is 0 Å². The van der Waals surface area contributed by atoms with Crippen LogP contribution in [0.5, 0.6) is 0 Å². The molecule has 8 nitrogen and oxygen atoms in total. The highest BCUT2D eigenvalue weighted by atomic mass is 28.4. The van der Waals surface area contributed by atoms with E-state index in [1.165, 1.54) is 16.7 Å². The number of hydrogen-bond acceptors (Lipinski definition) is 7. The highest BCUT2D eigenvalue weighted by Crippen LogP contribution is 2.38. The number of hydrogen-bond donors (Lipinski definition) is 2. The van der Waals surface area contributed by atoms with E-state index >= 15 is 0 Å². The number of nitrogens with two attached hydrogens (primary N) is 1. The summed E-state index contributed by atoms with van der Waals surface area (Å²) in [6.07, 6.45) is 1.86. The second-order valence-electron chi connectivity index (χ2n) is 9.99. The molecule has 3 N–H and O–H groups in total. The molecular formula is C26H31N5O3Si. The minimum atomic E-state index is -2.73. The Bertz CT molecular complexity index is 1250. The molecule has 0 saturated carbocycles. The topological polar surface area (TPSA) is 108 Å². The normalized spacial score (nSPS) is 21.0. The number of nitrogen functional groups attached to an aromatic ring is 1. The highest BCUT2D eigenvalue weighted by Gasteiger charge is 2.51. The van der Waals surface area contributed by atoms with Crippen molar-refractivity contribution in [1.82, 2.24) is 19.5 Å². The van der Waals surface area contributed by atoms with Gasteiger partial charge in [-0.05, 0) is 15.4 Å². The predicted octanol–water partition coefficient (Wildman–Crippen LogP) is 2.63. The molecule has 0 spiro atoms. The second-order valence-corrected chi connectivity index (χ2v) is 14.3. The Morgan fingerprint density at radius 1 is 1.03 bits per heavy atom. The van der Waals surface area contributed by atoms with E-state index in [-0.39, 0.29) is 11.6 Å². The lowest BCUT2D eigenvalue weighted by Gasteiger charge is -2.43. The number of imidazole rings is 1. The van der Waals surface area contributed by atoms with Crippen LogP contribution in [0.25, 0.3) is 11.2 Å². The van der Waals surface area contributed by atoms with Crippen LogP contribution in [0, 0.1) is 0 Å². The van der Waals surface area contributed by atoms with Gasteiger partial charge < -0.3 is 20.0 Å². The third kappa shape index (κ3) is 4.14. The monoisotopic (exact) mass is 489 g/mol. The molecule has 3 heterocycles. The molecule has 0 aliphatic carbocycles. The van der Waals surface area contributed by atoms with Gasteiger partial charge in [0.15, 0.2) is 11.5 Å². The maximum Gasteiger partial charge on any atom is 0.261 e. The van der Waals surface area contributed by atoms with Crippen LogP contribution in [0.4, 0.5) is 5.82 Å². The average molecular weight is 490 g/mol. The lowest BCUT2D eigenvalue weighted by atomic mass is 10.2. The van der Waals surface area contributed by atoms with Crippen molar-refractivity contribution in [1.29, 1.82) is 0 Å². The van der Waals surface area contributed by atoms with Gasteiger partial charge in [0.25, 0.3) is 8.32 Å². The van der Waals surface area contributed by atoms with Crippen LogP contribution in [0.2, 0.25) is 5.04 Å². The summed E-state index contributed by atoms with van der Waals surface area (Å²) in [5.74, 6) is 0.318. The minimum Gasteiger partial charge on any atom is -0.405 e. The molecule has 1 fully saturated rings. The summed E-state index contributed by atoms with van der Waals surface area (Å²) in [5, 5.41) is 13.2. The molecular weight excluding hydrogens is 458 g/mol. The summed E-state index contributed by atoms with van der Waals surface area (Å²) in [4.78, 5) is 12.7. The van der Waals surface area contributed by atoms with Crippen molar-refractivity contribution in [3.63, 3.8) is 0 Å². The first-order chi connectivity index (χ1) is 16.8. The van der Waals surface area contributed by atoms with Crippen molar-refractivity contribution in [3.8, 4) is 0 Å². The number of rotatable bonds is 6. The zero-order chi connectivity index (χ0) is 24.6. The Hall–Kier alpha value is -3.11. The Labute approximate surface area is 205 Å². The molecule has 1 aliphatic heterocycles. The molecule has 0 radical (unpaired) electrons. The van der Waals surface area contributed by atoms with Crippen LogP contribution in [-0.4, -0.2) is 51.8 Å². The van der Waals surface area contributed by atoms with E-state index in [9.17, 15) is 5.11 Å². The predicted molar refractivity (Wildman–Crippen MR) is 138 cm³/mol. The molecule has 35 heavy (non-hydrogen) atoms. The Kier molecular flexibility index (Phi) is 6.18. The van der Waals surface area contributed by atoms with Gasteiger partial charge in [0.2, 0.25) is 0 Å². The number of aliphatic hydroxyl groups is 1. The minimum absolute atomic E-state index is 0.159. The number of nitrogens with zero attached hydrogens (tertiary/aromatic N) is 4. The number of anilines is 1. The summed E-state index contributed by atoms with van der Waals surface area (Å²) < 4.78 is 15.1. The van der Waals surface area contributed by atoms with Crippen molar-refractivity contribution < 1.29 is 14.3 Å². The molecule has 4 aromatic rings. The van der Waals surface area contributed by atoms with E-state index in [1.54, 1.807) is 10.9 Å². The summed E-state index contributed by atoms with van der Waals surface area (Å²) in [6.45, 7) is 6.97. The molecule has 2 aromatic heterocycles. The molecule has 1 saturated heterocycles. The lowest BCUT2D eigenvalue weighted by Crippen LogP contribution is -2.67. The van der Waals surface area contributed by atoms with Gasteiger partial charge in [0.05, 0.1) is 19.0 Å². The molecule has 0 amide bonds. The van der Waals surface area contributed by atoms with Crippen molar-refractivity contribution >= 4 is 35.7 Å². The maximum absolute atomic E-state index is 10.9. The number of ether oxygens (including phenoxy) is 1. The number of aromatic nitrogens is 4. The van der Waals surface area contributed by atoms with Gasteiger partial charge in [0, 0.05) is 6.42 Å². The van der Waals surface area contributed by atoms with Crippen molar-refractivity contribution in [3.05, 3.63) is 73.3 Å². The van der Waals surface area contributed by atoms with Gasteiger partial charge in [-0.25, -0.2) is 15.0 Å². The van der Waals surface area contributed by atoms with Gasteiger partial charge in [-0.3, -0.25) is 4.57 Å². The molecule has 9 heteroatoms. The highest BCUT2D eigenvalue weighted by molar-refractivity contribution is 6.99. The summed E-state index contributed by atoms with van der Waals surface area (Å²) >= 11 is 0. The summed E-state index contributed by atoms with van der Waals surface area (Å²) in [5.41, 5.74) is 7.05. The first-order valence-corrected chi connectivity index (χ1v) is 13.7. The van der Waals surface area contributed by atoms with Crippen LogP contribution in [0.15, 0.2) is 73.3 Å². The van der Waals surface area contributed by atoms with E-state index in [4.69, 9.17) is 14.9 Å². The largest absolute Gasteiger partial charge is 0.405 e. The summed E-state index contributed by atoms with van der Waals surface area (Å²) in [7, 11) is -2.73. The lowest BCUT2D eigenvalue weighted by molar-refractivity contribution is -0.0398. The van der Waals surface area contributed by atoms with Crippen LogP contribution in [0.3, 0.4) is 0 Å². The fraction of sp³-hybridized carbons (Fsp3) is 0.346. The number of fused-ring (bicyclic) bond motifs is 1. The second kappa shape index (κ2) is 9.16. The van der Waals surface area contributed by atoms with Crippen LogP contribution in [-0.2, 0) is 9.16 Å². The molecule has 5 rings (SSSR count). The van der Waals surface area contributed by atoms with Gasteiger partial charge in [0.1, 0.15) is 24.2 Å². The number of aliphatic hydroxyl groups excluding tert-OH is 1. The Morgan fingerprint density at radius 2 is 1.66 bits per heavy atom. The quantitative estimate of drug-likeness (QED) is 0.401. The van der Waals surface area contributed by atoms with Crippen LogP contribution in [0.1, 0.15) is 33.4 Å². The zero-order valence-corrected chi connectivity index (χ0v) is 21.2. The third-order valence-electron chi connectivity index (χ3n) is 6.78. The molecule has 182 valence electrons.